The van der Waals surface area contributed by atoms with Gasteiger partial charge >= 0.3 is 0 Å². The van der Waals surface area contributed by atoms with Crippen LogP contribution in [-0.4, -0.2) is 139 Å². The first-order valence-corrected chi connectivity index (χ1v) is 23.1. The topological polar surface area (TPSA) is 228 Å². The van der Waals surface area contributed by atoms with E-state index in [1.807, 2.05) is 6.07 Å². The minimum absolute atomic E-state index is 0.0668. The first-order chi connectivity index (χ1) is 30.2. The van der Waals surface area contributed by atoms with Crippen molar-refractivity contribution in [1.82, 2.24) is 20.4 Å². The van der Waals surface area contributed by atoms with E-state index < -0.39 is 69.6 Å². The summed E-state index contributed by atoms with van der Waals surface area (Å²) in [7, 11) is 1.56. The fraction of sp³-hybridized carbons (Fsp3) is 0.660. The Morgan fingerprint density at radius 3 is 1.57 bits per heavy atom. The lowest BCUT2D eigenvalue weighted by atomic mass is 9.45. The molecule has 4 spiro atoms. The summed E-state index contributed by atoms with van der Waals surface area (Å²) in [5.74, 6) is 1.42. The number of likely N-dealkylation sites (tertiary alicyclic amines) is 2. The number of rotatable bonds is 5. The van der Waals surface area contributed by atoms with E-state index in [1.54, 1.807) is 19.2 Å². The Balaban J connectivity index is 0.000000128. The molecule has 2 aromatic rings. The number of amides is 2. The number of carbonyl (C=O) groups is 4. The number of nitrogens with one attached hydrogen (secondary N) is 2. The van der Waals surface area contributed by atoms with Gasteiger partial charge in [0.2, 0.25) is 11.8 Å². The van der Waals surface area contributed by atoms with Crippen LogP contribution in [0.1, 0.15) is 112 Å². The van der Waals surface area contributed by atoms with Crippen molar-refractivity contribution in [2.45, 2.75) is 147 Å². The molecule has 6 heterocycles. The highest BCUT2D eigenvalue weighted by Crippen LogP contribution is 2.71. The average Bonchev–Trinajstić information content (AvgIpc) is 4.13. The van der Waals surface area contributed by atoms with Crippen molar-refractivity contribution in [3.63, 3.8) is 0 Å². The maximum Gasteiger partial charge on any atom is 0.228 e. The van der Waals surface area contributed by atoms with Gasteiger partial charge in [-0.3, -0.25) is 29.0 Å². The van der Waals surface area contributed by atoms with E-state index in [4.69, 9.17) is 14.2 Å². The van der Waals surface area contributed by atoms with Gasteiger partial charge in [-0.1, -0.05) is 12.1 Å². The Morgan fingerprint density at radius 2 is 1.13 bits per heavy atom. The van der Waals surface area contributed by atoms with Gasteiger partial charge in [-0.25, -0.2) is 0 Å². The predicted octanol–water partition coefficient (Wildman–Crippen LogP) is 0.853. The van der Waals surface area contributed by atoms with Crippen LogP contribution < -0.4 is 24.8 Å². The highest BCUT2D eigenvalue weighted by molar-refractivity contribution is 6.12. The third kappa shape index (κ3) is 4.48. The maximum atomic E-state index is 13.2. The number of carbonyl (C=O) groups excluding carboxylic acids is 4. The van der Waals surface area contributed by atoms with E-state index in [9.17, 15) is 44.7 Å². The summed E-state index contributed by atoms with van der Waals surface area (Å²) < 4.78 is 18.5. The van der Waals surface area contributed by atoms with Crippen molar-refractivity contribution in [2.24, 2.45) is 11.8 Å². The van der Waals surface area contributed by atoms with E-state index in [-0.39, 0.29) is 60.6 Å². The minimum Gasteiger partial charge on any atom is -0.504 e. The fourth-order valence-electron chi connectivity index (χ4n) is 15.5. The van der Waals surface area contributed by atoms with Crippen LogP contribution in [-0.2, 0) is 30.0 Å². The highest BCUT2D eigenvalue weighted by Gasteiger charge is 2.81. The number of Topliss-reactive ketones (excluding diaryl/α,β-unsaturated/α-hetero) is 2. The molecule has 14 rings (SSSR count). The smallest absolute Gasteiger partial charge is 0.228 e. The Labute approximate surface area is 363 Å². The molecule has 16 heteroatoms. The lowest BCUT2D eigenvalue weighted by Crippen LogP contribution is -2.82. The SMILES string of the molecule is COc1ccc2c3c1O[C@@H]1[C@]34CCN(CC3CC3)[C@H]([C@@H]2O)[C@]4(O)CC[C@]12NC(=O)CC2=O.O=C1CC(=O)[C@@]2(CC[C@@]3(O)[C@H]4[C@H](O)c5ccc(O)c6c5[C@@]3(CCN4CC3CC3)[C@H]2O6)N1. The normalized spacial score (nSPS) is 44.3. The van der Waals surface area contributed by atoms with Crippen LogP contribution in [0.2, 0.25) is 0 Å². The number of methoxy groups -OCH3 is 1. The number of aromatic hydroxyl groups is 1. The zero-order chi connectivity index (χ0) is 43.4. The standard InChI is InChI=1S/C24H28N2O6.C23H26N2O6/c1-31-14-5-4-13-17-19(14)32-21-22(17)8-9-26(11-12-2-3-12)20(18(13)29)24(22,30)7-6-23(21)15(27)10-16(28)25-23;26-13-4-3-12-16-18(13)31-20-21(16)7-8-25(10-11-1-2-11)19(17(12)29)23(21,30)6-5-22(20)14(27)9-15(28)24-22/h4-5,12,18,20-21,29-30H,2-3,6-11H2,1H3,(H,25,28);3-4,11,17,19-20,26,29-30H,1-2,5-10H2,(H,24,28)/t18-,20-,21-,22+,23-,24-;17-,19-,20-,21+,22-,23-/m11/s1. The van der Waals surface area contributed by atoms with Crippen molar-refractivity contribution in [2.75, 3.05) is 33.3 Å². The molecular formula is C47H54N4O12. The number of aliphatic hydroxyl groups excluding tert-OH is 2. The molecule has 12 atom stereocenters. The van der Waals surface area contributed by atoms with Gasteiger partial charge in [0.15, 0.2) is 34.6 Å². The molecule has 0 radical (unpaired) electrons. The number of fused-ring (bicyclic) bond motifs is 2. The molecule has 2 amide bonds. The summed E-state index contributed by atoms with van der Waals surface area (Å²) in [6, 6.07) is 5.91. The van der Waals surface area contributed by atoms with Crippen molar-refractivity contribution < 1.29 is 58.9 Å². The van der Waals surface area contributed by atoms with Gasteiger partial charge < -0.3 is 50.4 Å². The van der Waals surface area contributed by atoms with Gasteiger partial charge in [-0.05, 0) is 112 Å². The summed E-state index contributed by atoms with van der Waals surface area (Å²) >= 11 is 0. The zero-order valence-electron chi connectivity index (χ0n) is 35.2. The molecule has 334 valence electrons. The molecule has 4 saturated carbocycles. The van der Waals surface area contributed by atoms with E-state index >= 15 is 0 Å². The molecule has 63 heavy (non-hydrogen) atoms. The van der Waals surface area contributed by atoms with Crippen LogP contribution in [0.4, 0.5) is 0 Å². The number of phenols is 1. The van der Waals surface area contributed by atoms with E-state index in [0.717, 1.165) is 24.2 Å². The van der Waals surface area contributed by atoms with Crippen LogP contribution in [0.3, 0.4) is 0 Å². The first-order valence-electron chi connectivity index (χ1n) is 23.1. The molecule has 0 unspecified atom stereocenters. The van der Waals surface area contributed by atoms with Crippen molar-refractivity contribution in [1.29, 1.82) is 0 Å². The van der Waals surface area contributed by atoms with Crippen LogP contribution in [0.5, 0.6) is 23.0 Å². The van der Waals surface area contributed by atoms with Gasteiger partial charge in [0.05, 0.1) is 66.3 Å². The molecule has 16 nitrogen and oxygen atoms in total. The second-order valence-electron chi connectivity index (χ2n) is 21.1. The van der Waals surface area contributed by atoms with E-state index in [1.165, 1.54) is 31.7 Å². The quantitative estimate of drug-likeness (QED) is 0.207. The monoisotopic (exact) mass is 866 g/mol. The number of nitrogens with zero attached hydrogens (tertiary/aromatic N) is 2. The van der Waals surface area contributed by atoms with E-state index in [2.05, 4.69) is 20.4 Å². The van der Waals surface area contributed by atoms with Crippen LogP contribution in [0, 0.1) is 11.8 Å². The number of hydrogen-bond donors (Lipinski definition) is 7. The molecule has 4 saturated heterocycles. The third-order valence-electron chi connectivity index (χ3n) is 18.4. The van der Waals surface area contributed by atoms with Crippen LogP contribution >= 0.6 is 0 Å². The Hall–Kier alpha value is -4.32. The number of piperidine rings is 2. The number of ketones is 2. The van der Waals surface area contributed by atoms with Crippen molar-refractivity contribution in [3.05, 3.63) is 46.5 Å². The van der Waals surface area contributed by atoms with Crippen LogP contribution in [0.25, 0.3) is 0 Å². The largest absolute Gasteiger partial charge is 0.504 e. The van der Waals surface area contributed by atoms with Gasteiger partial charge in [-0.15, -0.1) is 0 Å². The lowest BCUT2D eigenvalue weighted by molar-refractivity contribution is -0.226. The van der Waals surface area contributed by atoms with Crippen molar-refractivity contribution >= 4 is 23.4 Å². The van der Waals surface area contributed by atoms with Crippen molar-refractivity contribution in [3.8, 4) is 23.0 Å². The second-order valence-corrected chi connectivity index (χ2v) is 21.1. The van der Waals surface area contributed by atoms with Gasteiger partial charge in [0.25, 0.3) is 0 Å². The first kappa shape index (κ1) is 39.1. The highest BCUT2D eigenvalue weighted by atomic mass is 16.5. The third-order valence-corrected chi connectivity index (χ3v) is 18.4. The number of ether oxygens (including phenoxy) is 3. The Morgan fingerprint density at radius 1 is 0.667 bits per heavy atom. The number of aliphatic hydroxyl groups is 4. The fourth-order valence-corrected chi connectivity index (χ4v) is 15.5. The van der Waals surface area contributed by atoms with Gasteiger partial charge in [0.1, 0.15) is 23.3 Å². The Bertz CT molecular complexity index is 2460. The molecule has 7 N–H and O–H groups in total. The summed E-state index contributed by atoms with van der Waals surface area (Å²) in [6.45, 7) is 3.07. The minimum atomic E-state index is -1.32. The van der Waals surface area contributed by atoms with E-state index in [0.29, 0.717) is 73.2 Å². The average molecular weight is 867 g/mol. The summed E-state index contributed by atoms with van der Waals surface area (Å²) in [6.07, 6.45) is 3.35. The second kappa shape index (κ2) is 12.3. The molecule has 4 bridgehead atoms. The predicted molar refractivity (Wildman–Crippen MR) is 218 cm³/mol. The number of hydrogen-bond acceptors (Lipinski definition) is 14. The maximum absolute atomic E-state index is 13.2. The Kier molecular flexibility index (Phi) is 7.64. The molecule has 6 aliphatic carbocycles. The molecule has 2 aromatic carbocycles. The molecular weight excluding hydrogens is 813 g/mol. The lowest BCUT2D eigenvalue weighted by Gasteiger charge is -2.66. The molecule has 6 aliphatic heterocycles. The van der Waals surface area contributed by atoms with Crippen LogP contribution in [0.15, 0.2) is 24.3 Å². The zero-order valence-corrected chi connectivity index (χ0v) is 35.2. The summed E-state index contributed by atoms with van der Waals surface area (Å²) in [5, 5.41) is 64.5. The molecule has 0 aromatic heterocycles. The summed E-state index contributed by atoms with van der Waals surface area (Å²) in [5.41, 5.74) is -4.02. The van der Waals surface area contributed by atoms with Gasteiger partial charge in [-0.2, -0.15) is 0 Å². The molecule has 12 aliphatic rings. The number of benzene rings is 2. The molecule has 8 fully saturated rings. The number of phenolic OH excluding ortho intramolecular Hbond substituents is 1. The summed E-state index contributed by atoms with van der Waals surface area (Å²) in [4.78, 5) is 55.4. The van der Waals surface area contributed by atoms with Gasteiger partial charge in [0, 0.05) is 24.2 Å².